The van der Waals surface area contributed by atoms with Crippen molar-refractivity contribution in [3.05, 3.63) is 59.1 Å². The molecule has 2 aromatic rings. The maximum Gasteiger partial charge on any atom is 0.263 e. The molecule has 1 saturated heterocycles. The molecule has 1 aliphatic heterocycles. The highest BCUT2D eigenvalue weighted by Crippen LogP contribution is 2.19. The number of nitrogens with zero attached hydrogens (tertiary/aromatic N) is 2. The molecule has 7 heteroatoms. The number of ether oxygens (including phenoxy) is 2. The summed E-state index contributed by atoms with van der Waals surface area (Å²) in [6, 6.07) is 14.0. The van der Waals surface area contributed by atoms with Gasteiger partial charge in [0.15, 0.2) is 6.10 Å². The lowest BCUT2D eigenvalue weighted by molar-refractivity contribution is -0.137. The number of hydrogen-bond acceptors (Lipinski definition) is 4. The lowest BCUT2D eigenvalue weighted by Crippen LogP contribution is -2.43. The van der Waals surface area contributed by atoms with E-state index in [4.69, 9.17) is 21.1 Å². The van der Waals surface area contributed by atoms with Crippen LogP contribution in [0, 0.1) is 0 Å². The molecule has 1 heterocycles. The minimum absolute atomic E-state index is 0.0522. The number of halogens is 1. The number of amides is 2. The number of carbonyl (C=O) groups excluding carboxylic acids is 2. The molecule has 1 atom stereocenters. The van der Waals surface area contributed by atoms with Gasteiger partial charge in [0.05, 0.1) is 7.11 Å². The van der Waals surface area contributed by atoms with E-state index in [0.717, 1.165) is 6.42 Å². The van der Waals surface area contributed by atoms with Crippen LogP contribution < -0.4 is 9.47 Å². The van der Waals surface area contributed by atoms with Crippen LogP contribution in [0.25, 0.3) is 0 Å². The SMILES string of the molecule is COc1cccc(C(=O)N2CCCN(C(=O)C(C)Oc3ccc(Cl)cc3)CC2)c1. The first-order chi connectivity index (χ1) is 14.0. The van der Waals surface area contributed by atoms with Crippen molar-refractivity contribution in [2.75, 3.05) is 33.3 Å². The summed E-state index contributed by atoms with van der Waals surface area (Å²) < 4.78 is 11.0. The Balaban J connectivity index is 1.59. The zero-order valence-corrected chi connectivity index (χ0v) is 17.4. The summed E-state index contributed by atoms with van der Waals surface area (Å²) in [7, 11) is 1.58. The minimum Gasteiger partial charge on any atom is -0.497 e. The van der Waals surface area contributed by atoms with Crippen LogP contribution in [0.5, 0.6) is 11.5 Å². The normalized spacial score (nSPS) is 15.4. The molecule has 3 rings (SSSR count). The van der Waals surface area contributed by atoms with Gasteiger partial charge in [-0.3, -0.25) is 9.59 Å². The molecule has 2 amide bonds. The number of benzene rings is 2. The van der Waals surface area contributed by atoms with Crippen LogP contribution in [0.4, 0.5) is 0 Å². The van der Waals surface area contributed by atoms with Crippen molar-refractivity contribution in [2.45, 2.75) is 19.4 Å². The molecule has 0 radical (unpaired) electrons. The van der Waals surface area contributed by atoms with E-state index in [-0.39, 0.29) is 11.8 Å². The average Bonchev–Trinajstić information content (AvgIpc) is 3.00. The van der Waals surface area contributed by atoms with Gasteiger partial charge in [0.25, 0.3) is 11.8 Å². The first-order valence-electron chi connectivity index (χ1n) is 9.62. The van der Waals surface area contributed by atoms with Gasteiger partial charge < -0.3 is 19.3 Å². The smallest absolute Gasteiger partial charge is 0.263 e. The molecule has 0 saturated carbocycles. The van der Waals surface area contributed by atoms with Crippen LogP contribution in [0.1, 0.15) is 23.7 Å². The zero-order chi connectivity index (χ0) is 20.8. The predicted octanol–water partition coefficient (Wildman–Crippen LogP) is 3.49. The Morgan fingerprint density at radius 1 is 0.966 bits per heavy atom. The lowest BCUT2D eigenvalue weighted by atomic mass is 10.2. The fourth-order valence-corrected chi connectivity index (χ4v) is 3.43. The van der Waals surface area contributed by atoms with Crippen LogP contribution in [0.15, 0.2) is 48.5 Å². The molecular formula is C22H25ClN2O4. The summed E-state index contributed by atoms with van der Waals surface area (Å²) in [4.78, 5) is 29.2. The monoisotopic (exact) mass is 416 g/mol. The molecule has 0 bridgehead atoms. The van der Waals surface area contributed by atoms with Crippen molar-refractivity contribution in [3.63, 3.8) is 0 Å². The van der Waals surface area contributed by atoms with Crippen LogP contribution in [0.3, 0.4) is 0 Å². The highest BCUT2D eigenvalue weighted by Gasteiger charge is 2.26. The van der Waals surface area contributed by atoms with Crippen LogP contribution in [0.2, 0.25) is 5.02 Å². The summed E-state index contributed by atoms with van der Waals surface area (Å²) >= 11 is 5.88. The molecule has 0 N–H and O–H groups in total. The van der Waals surface area contributed by atoms with Crippen molar-refractivity contribution in [3.8, 4) is 11.5 Å². The fourth-order valence-electron chi connectivity index (χ4n) is 3.30. The molecule has 1 aliphatic rings. The maximum atomic E-state index is 12.8. The molecular weight excluding hydrogens is 392 g/mol. The Kier molecular flexibility index (Phi) is 6.99. The van der Waals surface area contributed by atoms with E-state index in [2.05, 4.69) is 0 Å². The molecule has 29 heavy (non-hydrogen) atoms. The van der Waals surface area contributed by atoms with Gasteiger partial charge in [-0.25, -0.2) is 0 Å². The van der Waals surface area contributed by atoms with E-state index in [9.17, 15) is 9.59 Å². The first-order valence-corrected chi connectivity index (χ1v) is 10.00. The molecule has 0 spiro atoms. The summed E-state index contributed by atoms with van der Waals surface area (Å²) in [5.74, 6) is 1.11. The van der Waals surface area contributed by atoms with Crippen molar-refractivity contribution >= 4 is 23.4 Å². The van der Waals surface area contributed by atoms with Crippen LogP contribution >= 0.6 is 11.6 Å². The van der Waals surface area contributed by atoms with E-state index in [0.29, 0.717) is 48.3 Å². The van der Waals surface area contributed by atoms with Gasteiger partial charge in [-0.2, -0.15) is 0 Å². The van der Waals surface area contributed by atoms with Gasteiger partial charge in [0.1, 0.15) is 11.5 Å². The third-order valence-corrected chi connectivity index (χ3v) is 5.14. The number of carbonyl (C=O) groups is 2. The molecule has 154 valence electrons. The van der Waals surface area contributed by atoms with E-state index < -0.39 is 6.10 Å². The standard InChI is InChI=1S/C22H25ClN2O4/c1-16(29-19-9-7-18(23)8-10-19)21(26)24-11-4-12-25(14-13-24)22(27)17-5-3-6-20(15-17)28-2/h3,5-10,15-16H,4,11-14H2,1-2H3. The second-order valence-corrected chi connectivity index (χ2v) is 7.35. The average molecular weight is 417 g/mol. The molecule has 0 aromatic heterocycles. The Morgan fingerprint density at radius 3 is 2.38 bits per heavy atom. The summed E-state index contributed by atoms with van der Waals surface area (Å²) in [6.45, 7) is 3.89. The predicted molar refractivity (Wildman–Crippen MR) is 112 cm³/mol. The van der Waals surface area contributed by atoms with Crippen molar-refractivity contribution in [1.82, 2.24) is 9.80 Å². The Hall–Kier alpha value is -2.73. The van der Waals surface area contributed by atoms with Gasteiger partial charge in [0.2, 0.25) is 0 Å². The van der Waals surface area contributed by atoms with E-state index >= 15 is 0 Å². The topological polar surface area (TPSA) is 59.1 Å². The second kappa shape index (κ2) is 9.65. The quantitative estimate of drug-likeness (QED) is 0.748. The van der Waals surface area contributed by atoms with Gasteiger partial charge in [-0.15, -0.1) is 0 Å². The first kappa shape index (κ1) is 21.0. The van der Waals surface area contributed by atoms with Crippen molar-refractivity contribution in [1.29, 1.82) is 0 Å². The molecule has 0 aliphatic carbocycles. The van der Waals surface area contributed by atoms with Crippen molar-refractivity contribution in [2.24, 2.45) is 0 Å². The lowest BCUT2D eigenvalue weighted by Gasteiger charge is -2.25. The van der Waals surface area contributed by atoms with Crippen molar-refractivity contribution < 1.29 is 19.1 Å². The minimum atomic E-state index is -0.614. The second-order valence-electron chi connectivity index (χ2n) is 6.92. The molecule has 1 unspecified atom stereocenters. The van der Waals surface area contributed by atoms with Crippen LogP contribution in [-0.2, 0) is 4.79 Å². The number of hydrogen-bond donors (Lipinski definition) is 0. The third-order valence-electron chi connectivity index (χ3n) is 4.89. The Morgan fingerprint density at radius 2 is 1.66 bits per heavy atom. The van der Waals surface area contributed by atoms with Gasteiger partial charge in [-0.05, 0) is 55.8 Å². The Bertz CT molecular complexity index is 856. The summed E-state index contributed by atoms with van der Waals surface area (Å²) in [5, 5.41) is 0.615. The van der Waals surface area contributed by atoms with E-state index in [1.54, 1.807) is 66.3 Å². The Labute approximate surface area is 176 Å². The largest absolute Gasteiger partial charge is 0.497 e. The third kappa shape index (κ3) is 5.41. The number of rotatable bonds is 5. The zero-order valence-electron chi connectivity index (χ0n) is 16.6. The highest BCUT2D eigenvalue weighted by molar-refractivity contribution is 6.30. The molecule has 6 nitrogen and oxygen atoms in total. The van der Waals surface area contributed by atoms with Gasteiger partial charge >= 0.3 is 0 Å². The fraction of sp³-hybridized carbons (Fsp3) is 0.364. The van der Waals surface area contributed by atoms with Gasteiger partial charge in [-0.1, -0.05) is 17.7 Å². The maximum absolute atomic E-state index is 12.8. The summed E-state index contributed by atoms with van der Waals surface area (Å²) in [5.41, 5.74) is 0.587. The number of methoxy groups -OCH3 is 1. The molecule has 1 fully saturated rings. The van der Waals surface area contributed by atoms with Gasteiger partial charge in [0, 0.05) is 36.8 Å². The molecule has 2 aromatic carbocycles. The van der Waals surface area contributed by atoms with Crippen LogP contribution in [-0.4, -0.2) is 61.0 Å². The van der Waals surface area contributed by atoms with E-state index in [1.807, 2.05) is 6.07 Å². The highest BCUT2D eigenvalue weighted by atomic mass is 35.5. The van der Waals surface area contributed by atoms with E-state index in [1.165, 1.54) is 0 Å². The summed E-state index contributed by atoms with van der Waals surface area (Å²) in [6.07, 6.45) is 0.103.